The molecule has 2 aromatic rings. The van der Waals surface area contributed by atoms with Crippen molar-refractivity contribution in [3.05, 3.63) is 27.9 Å². The topological polar surface area (TPSA) is 12.9 Å². The second-order valence-corrected chi connectivity index (χ2v) is 4.76. The van der Waals surface area contributed by atoms with Crippen LogP contribution in [0.15, 0.2) is 6.07 Å². The Kier molecular flexibility index (Phi) is 1.88. The molecule has 0 radical (unpaired) electrons. The quantitative estimate of drug-likeness (QED) is 0.620. The molecule has 0 bridgehead atoms. The maximum atomic E-state index is 4.48. The Labute approximate surface area is 82.4 Å². The Morgan fingerprint density at radius 3 is 2.54 bits per heavy atom. The number of hydrogen-bond acceptors (Lipinski definition) is 2. The van der Waals surface area contributed by atoms with E-state index in [1.165, 1.54) is 20.5 Å². The van der Waals surface area contributed by atoms with E-state index < -0.39 is 0 Å². The Morgan fingerprint density at radius 1 is 1.15 bits per heavy atom. The smallest absolute Gasteiger partial charge is 0.0465 e. The molecule has 0 aliphatic rings. The van der Waals surface area contributed by atoms with Gasteiger partial charge in [-0.3, -0.25) is 4.98 Å². The van der Waals surface area contributed by atoms with Crippen LogP contribution in [0, 0.1) is 27.7 Å². The van der Waals surface area contributed by atoms with E-state index in [4.69, 9.17) is 0 Å². The van der Waals surface area contributed by atoms with Crippen LogP contribution in [0.25, 0.3) is 10.1 Å². The van der Waals surface area contributed by atoms with E-state index in [2.05, 4.69) is 38.7 Å². The zero-order valence-electron chi connectivity index (χ0n) is 8.43. The Hall–Kier alpha value is -0.890. The molecule has 0 saturated heterocycles. The van der Waals surface area contributed by atoms with Crippen LogP contribution >= 0.6 is 11.3 Å². The highest BCUT2D eigenvalue weighted by atomic mass is 32.1. The average Bonchev–Trinajstić information content (AvgIpc) is 2.27. The van der Waals surface area contributed by atoms with E-state index in [1.54, 1.807) is 0 Å². The van der Waals surface area contributed by atoms with E-state index in [0.29, 0.717) is 0 Å². The van der Waals surface area contributed by atoms with Crippen molar-refractivity contribution in [1.29, 1.82) is 0 Å². The minimum Gasteiger partial charge on any atom is -0.258 e. The lowest BCUT2D eigenvalue weighted by Crippen LogP contribution is -1.86. The van der Waals surface area contributed by atoms with Gasteiger partial charge in [0.2, 0.25) is 0 Å². The van der Waals surface area contributed by atoms with E-state index in [9.17, 15) is 0 Å². The molecule has 0 fully saturated rings. The van der Waals surface area contributed by atoms with Crippen LogP contribution in [0.2, 0.25) is 0 Å². The van der Waals surface area contributed by atoms with Crippen molar-refractivity contribution in [2.24, 2.45) is 0 Å². The minimum absolute atomic E-state index is 1.12. The molecule has 68 valence electrons. The minimum atomic E-state index is 1.12. The van der Waals surface area contributed by atoms with Gasteiger partial charge in [0.25, 0.3) is 0 Å². The van der Waals surface area contributed by atoms with Gasteiger partial charge in [0.1, 0.15) is 0 Å². The lowest BCUT2D eigenvalue weighted by molar-refractivity contribution is 1.15. The van der Waals surface area contributed by atoms with Crippen LogP contribution < -0.4 is 0 Å². The summed E-state index contributed by atoms with van der Waals surface area (Å²) < 4.78 is 1.38. The summed E-state index contributed by atoms with van der Waals surface area (Å²) in [5.41, 5.74) is 3.67. The highest BCUT2D eigenvalue weighted by Gasteiger charge is 2.08. The first-order valence-electron chi connectivity index (χ1n) is 4.43. The monoisotopic (exact) mass is 191 g/mol. The van der Waals surface area contributed by atoms with Crippen LogP contribution in [0.1, 0.15) is 21.8 Å². The highest BCUT2D eigenvalue weighted by molar-refractivity contribution is 7.19. The summed E-state index contributed by atoms with van der Waals surface area (Å²) in [6.07, 6.45) is 0. The van der Waals surface area contributed by atoms with E-state index in [-0.39, 0.29) is 0 Å². The van der Waals surface area contributed by atoms with Gasteiger partial charge in [-0.15, -0.1) is 11.3 Å². The van der Waals surface area contributed by atoms with E-state index >= 15 is 0 Å². The molecule has 0 N–H and O–H groups in total. The number of fused-ring (bicyclic) bond motifs is 1. The molecule has 0 aliphatic heterocycles. The zero-order chi connectivity index (χ0) is 9.59. The molecule has 0 unspecified atom stereocenters. The molecule has 13 heavy (non-hydrogen) atoms. The lowest BCUT2D eigenvalue weighted by atomic mass is 10.1. The molecule has 0 atom stereocenters. The maximum absolute atomic E-state index is 4.48. The number of thiophene rings is 1. The van der Waals surface area contributed by atoms with Crippen molar-refractivity contribution in [3.63, 3.8) is 0 Å². The first-order valence-corrected chi connectivity index (χ1v) is 5.25. The Balaban J connectivity index is 2.94. The van der Waals surface area contributed by atoms with Crippen molar-refractivity contribution in [1.82, 2.24) is 4.98 Å². The normalized spacial score (nSPS) is 11.1. The fourth-order valence-corrected chi connectivity index (χ4v) is 2.96. The number of rotatable bonds is 0. The van der Waals surface area contributed by atoms with Gasteiger partial charge in [0, 0.05) is 26.4 Å². The molecule has 0 saturated carbocycles. The van der Waals surface area contributed by atoms with Crippen molar-refractivity contribution < 1.29 is 0 Å². The first-order chi connectivity index (χ1) is 6.09. The molecule has 0 aromatic carbocycles. The molecular weight excluding hydrogens is 178 g/mol. The first kappa shape index (κ1) is 8.70. The standard InChI is InChI=1S/C11H13NS/c1-6-5-10-11(8(3)12-6)7(2)9(4)13-10/h5H,1-4H3. The summed E-state index contributed by atoms with van der Waals surface area (Å²) in [5.74, 6) is 0. The second kappa shape index (κ2) is 2.81. The average molecular weight is 191 g/mol. The molecule has 2 rings (SSSR count). The van der Waals surface area contributed by atoms with Crippen LogP contribution in [0.3, 0.4) is 0 Å². The largest absolute Gasteiger partial charge is 0.258 e. The predicted octanol–water partition coefficient (Wildman–Crippen LogP) is 3.53. The molecule has 1 nitrogen and oxygen atoms in total. The van der Waals surface area contributed by atoms with Crippen LogP contribution in [0.4, 0.5) is 0 Å². The summed E-state index contributed by atoms with van der Waals surface area (Å²) in [5, 5.41) is 1.35. The second-order valence-electron chi connectivity index (χ2n) is 3.51. The van der Waals surface area contributed by atoms with E-state index in [0.717, 1.165) is 11.4 Å². The maximum Gasteiger partial charge on any atom is 0.0465 e. The number of hydrogen-bond donors (Lipinski definition) is 0. The fraction of sp³-hybridized carbons (Fsp3) is 0.364. The predicted molar refractivity (Wildman–Crippen MR) is 58.6 cm³/mol. The SMILES string of the molecule is Cc1cc2sc(C)c(C)c2c(C)n1. The van der Waals surface area contributed by atoms with Crippen molar-refractivity contribution in [2.45, 2.75) is 27.7 Å². The number of nitrogens with zero attached hydrogens (tertiary/aromatic N) is 1. The van der Waals surface area contributed by atoms with Crippen LogP contribution in [0.5, 0.6) is 0 Å². The van der Waals surface area contributed by atoms with Gasteiger partial charge in [-0.05, 0) is 39.3 Å². The molecular formula is C11H13NS. The van der Waals surface area contributed by atoms with Gasteiger partial charge in [-0.25, -0.2) is 0 Å². The summed E-state index contributed by atoms with van der Waals surface area (Å²) >= 11 is 1.87. The van der Waals surface area contributed by atoms with Gasteiger partial charge >= 0.3 is 0 Å². The van der Waals surface area contributed by atoms with Crippen LogP contribution in [-0.4, -0.2) is 4.98 Å². The number of aryl methyl sites for hydroxylation is 4. The van der Waals surface area contributed by atoms with Gasteiger partial charge in [0.15, 0.2) is 0 Å². The number of pyridine rings is 1. The molecule has 2 heteroatoms. The van der Waals surface area contributed by atoms with E-state index in [1.807, 2.05) is 11.3 Å². The number of aromatic nitrogens is 1. The molecule has 0 spiro atoms. The summed E-state index contributed by atoms with van der Waals surface area (Å²) in [7, 11) is 0. The van der Waals surface area contributed by atoms with Crippen molar-refractivity contribution in [3.8, 4) is 0 Å². The molecule has 2 heterocycles. The van der Waals surface area contributed by atoms with Crippen molar-refractivity contribution in [2.75, 3.05) is 0 Å². The Morgan fingerprint density at radius 2 is 1.85 bits per heavy atom. The highest BCUT2D eigenvalue weighted by Crippen LogP contribution is 2.31. The third-order valence-corrected chi connectivity index (χ3v) is 3.61. The van der Waals surface area contributed by atoms with Gasteiger partial charge in [-0.1, -0.05) is 0 Å². The fourth-order valence-electron chi connectivity index (χ4n) is 1.75. The summed E-state index contributed by atoms with van der Waals surface area (Å²) in [6, 6.07) is 2.17. The molecule has 0 aliphatic carbocycles. The van der Waals surface area contributed by atoms with Gasteiger partial charge in [0.05, 0.1) is 0 Å². The third kappa shape index (κ3) is 1.25. The third-order valence-electron chi connectivity index (χ3n) is 2.46. The van der Waals surface area contributed by atoms with Crippen molar-refractivity contribution >= 4 is 21.4 Å². The summed E-state index contributed by atoms with van der Waals surface area (Å²) in [6.45, 7) is 8.50. The summed E-state index contributed by atoms with van der Waals surface area (Å²) in [4.78, 5) is 5.89. The van der Waals surface area contributed by atoms with Gasteiger partial charge in [-0.2, -0.15) is 0 Å². The molecule has 0 amide bonds. The van der Waals surface area contributed by atoms with Gasteiger partial charge < -0.3 is 0 Å². The lowest BCUT2D eigenvalue weighted by Gasteiger charge is -1.99. The zero-order valence-corrected chi connectivity index (χ0v) is 9.25. The molecule has 2 aromatic heterocycles. The van der Waals surface area contributed by atoms with Crippen LogP contribution in [-0.2, 0) is 0 Å². The Bertz CT molecular complexity index is 468.